The van der Waals surface area contributed by atoms with E-state index in [2.05, 4.69) is 0 Å². The largest absolute Gasteiger partial charge is 0.477 e. The monoisotopic (exact) mass is 409 g/mol. The second-order valence-electron chi connectivity index (χ2n) is 8.17. The molecule has 148 valence electrons. The van der Waals surface area contributed by atoms with Crippen molar-refractivity contribution in [3.63, 3.8) is 0 Å². The van der Waals surface area contributed by atoms with Gasteiger partial charge in [-0.15, -0.1) is 0 Å². The second kappa shape index (κ2) is 5.67. The highest BCUT2D eigenvalue weighted by Gasteiger charge is 2.54. The number of aromatic nitrogens is 1. The average molecular weight is 410 g/mol. The van der Waals surface area contributed by atoms with Gasteiger partial charge < -0.3 is 20.3 Å². The van der Waals surface area contributed by atoms with Crippen molar-refractivity contribution in [2.75, 3.05) is 18.0 Å². The molecule has 6 nitrogen and oxygen atoms in total. The van der Waals surface area contributed by atoms with Gasteiger partial charge in [-0.2, -0.15) is 0 Å². The summed E-state index contributed by atoms with van der Waals surface area (Å²) >= 11 is 6.56. The summed E-state index contributed by atoms with van der Waals surface area (Å²) in [6.07, 6.45) is 2.11. The van der Waals surface area contributed by atoms with Crippen molar-refractivity contribution in [3.8, 4) is 0 Å². The molecule has 3 atom stereocenters. The van der Waals surface area contributed by atoms with Crippen molar-refractivity contribution in [2.45, 2.75) is 37.5 Å². The van der Waals surface area contributed by atoms with Crippen molar-refractivity contribution in [2.24, 2.45) is 11.1 Å². The number of rotatable bonds is 3. The molecule has 2 aliphatic carbocycles. The van der Waals surface area contributed by atoms with Gasteiger partial charge in [-0.1, -0.05) is 11.6 Å². The summed E-state index contributed by atoms with van der Waals surface area (Å²) in [7, 11) is 0. The average Bonchev–Trinajstić information content (AvgIpc) is 3.51. The summed E-state index contributed by atoms with van der Waals surface area (Å²) < 4.78 is 30.2. The van der Waals surface area contributed by atoms with Gasteiger partial charge in [-0.05, 0) is 18.9 Å². The van der Waals surface area contributed by atoms with E-state index in [0.29, 0.717) is 13.1 Å². The van der Waals surface area contributed by atoms with E-state index in [1.807, 2.05) is 0 Å². The summed E-state index contributed by atoms with van der Waals surface area (Å²) in [5.41, 5.74) is 5.15. The maximum atomic E-state index is 15.0. The lowest BCUT2D eigenvalue weighted by Gasteiger charge is -2.23. The molecule has 0 radical (unpaired) electrons. The second-order valence-corrected chi connectivity index (χ2v) is 8.55. The highest BCUT2D eigenvalue weighted by Crippen LogP contribution is 2.54. The highest BCUT2D eigenvalue weighted by molar-refractivity contribution is 6.38. The van der Waals surface area contributed by atoms with Crippen molar-refractivity contribution in [1.29, 1.82) is 0 Å². The first kappa shape index (κ1) is 17.9. The number of benzene rings is 1. The molecule has 1 aromatic carbocycles. The standard InChI is InChI=1S/C19H18ClF2N3O3/c20-14-15-8(17(26)9(18(27)28)5-25(15)12-4-10(12)21)3-11(22)16(14)24-6-13(23)19(7-24)1-2-19/h3,5,10,12-13H,1-2,4,6-7,23H2,(H,27,28)/t10-,12+,13-/m1/s1. The van der Waals surface area contributed by atoms with Crippen LogP contribution in [0.5, 0.6) is 0 Å². The normalized spacial score (nSPS) is 27.6. The van der Waals surface area contributed by atoms with E-state index < -0.39 is 35.0 Å². The van der Waals surface area contributed by atoms with Crippen LogP contribution in [0.1, 0.15) is 35.7 Å². The van der Waals surface area contributed by atoms with Crippen LogP contribution in [0.3, 0.4) is 0 Å². The first-order valence-electron chi connectivity index (χ1n) is 9.18. The van der Waals surface area contributed by atoms with Gasteiger partial charge >= 0.3 is 5.97 Å². The smallest absolute Gasteiger partial charge is 0.341 e. The van der Waals surface area contributed by atoms with Crippen LogP contribution in [0.25, 0.3) is 10.9 Å². The topological polar surface area (TPSA) is 88.6 Å². The Morgan fingerprint density at radius 1 is 1.39 bits per heavy atom. The van der Waals surface area contributed by atoms with Crippen LogP contribution < -0.4 is 16.1 Å². The van der Waals surface area contributed by atoms with Gasteiger partial charge in [-0.25, -0.2) is 13.6 Å². The molecule has 0 amide bonds. The minimum Gasteiger partial charge on any atom is -0.477 e. The Balaban J connectivity index is 1.75. The molecule has 3 fully saturated rings. The van der Waals surface area contributed by atoms with Crippen LogP contribution >= 0.6 is 11.6 Å². The predicted molar refractivity (Wildman–Crippen MR) is 101 cm³/mol. The third kappa shape index (κ3) is 2.40. The summed E-state index contributed by atoms with van der Waals surface area (Å²) in [6, 6.07) is 0.308. The molecule has 1 saturated heterocycles. The molecule has 1 spiro atoms. The van der Waals surface area contributed by atoms with E-state index in [1.165, 1.54) is 4.57 Å². The fraction of sp³-hybridized carbons (Fsp3) is 0.474. The molecule has 0 bridgehead atoms. The van der Waals surface area contributed by atoms with Gasteiger partial charge in [0.25, 0.3) is 0 Å². The van der Waals surface area contributed by atoms with E-state index in [4.69, 9.17) is 17.3 Å². The van der Waals surface area contributed by atoms with Crippen molar-refractivity contribution in [3.05, 3.63) is 38.9 Å². The molecule has 5 rings (SSSR count). The number of alkyl halides is 1. The van der Waals surface area contributed by atoms with Crippen LogP contribution in [-0.4, -0.2) is 40.9 Å². The molecule has 2 aromatic rings. The fourth-order valence-electron chi connectivity index (χ4n) is 4.43. The van der Waals surface area contributed by atoms with Crippen LogP contribution in [0.15, 0.2) is 17.1 Å². The summed E-state index contributed by atoms with van der Waals surface area (Å²) in [6.45, 7) is 1.01. The van der Waals surface area contributed by atoms with Crippen LogP contribution in [0.4, 0.5) is 14.5 Å². The number of fused-ring (bicyclic) bond motifs is 1. The predicted octanol–water partition coefficient (Wildman–Crippen LogP) is 2.70. The number of nitrogens with two attached hydrogens (primary N) is 1. The molecule has 3 N–H and O–H groups in total. The number of carboxylic acid groups (broad SMARTS) is 1. The molecule has 1 aliphatic heterocycles. The number of nitrogens with zero attached hydrogens (tertiary/aromatic N) is 2. The molecule has 2 saturated carbocycles. The molecule has 2 heterocycles. The van der Waals surface area contributed by atoms with Gasteiger partial charge in [0, 0.05) is 37.2 Å². The minimum atomic E-state index is -1.45. The van der Waals surface area contributed by atoms with Crippen molar-refractivity contribution >= 4 is 34.2 Å². The molecular formula is C19H18ClF2N3O3. The van der Waals surface area contributed by atoms with Crippen LogP contribution in [-0.2, 0) is 0 Å². The Morgan fingerprint density at radius 3 is 2.61 bits per heavy atom. The quantitative estimate of drug-likeness (QED) is 0.813. The zero-order valence-electron chi connectivity index (χ0n) is 14.8. The maximum absolute atomic E-state index is 15.0. The lowest BCUT2D eigenvalue weighted by molar-refractivity contribution is 0.0694. The molecule has 0 unspecified atom stereocenters. The summed E-state index contributed by atoms with van der Waals surface area (Å²) in [5.74, 6) is -2.15. The Morgan fingerprint density at radius 2 is 2.07 bits per heavy atom. The summed E-state index contributed by atoms with van der Waals surface area (Å²) in [4.78, 5) is 25.8. The third-order valence-electron chi connectivity index (χ3n) is 6.37. The van der Waals surface area contributed by atoms with E-state index >= 15 is 4.39 Å². The Hall–Kier alpha value is -2.19. The lowest BCUT2D eigenvalue weighted by atomic mass is 10.0. The summed E-state index contributed by atoms with van der Waals surface area (Å²) in [5, 5.41) is 9.16. The fourth-order valence-corrected chi connectivity index (χ4v) is 4.84. The van der Waals surface area contributed by atoms with Gasteiger partial charge in [-0.3, -0.25) is 4.79 Å². The molecular weight excluding hydrogens is 392 g/mol. The van der Waals surface area contributed by atoms with Crippen LogP contribution in [0.2, 0.25) is 5.02 Å². The van der Waals surface area contributed by atoms with Crippen molar-refractivity contribution < 1.29 is 18.7 Å². The van der Waals surface area contributed by atoms with Gasteiger partial charge in [0.15, 0.2) is 0 Å². The number of halogens is 3. The maximum Gasteiger partial charge on any atom is 0.341 e. The van der Waals surface area contributed by atoms with E-state index in [1.54, 1.807) is 4.90 Å². The first-order chi connectivity index (χ1) is 13.2. The number of anilines is 1. The number of aromatic carboxylic acids is 1. The zero-order valence-corrected chi connectivity index (χ0v) is 15.5. The number of pyridine rings is 1. The van der Waals surface area contributed by atoms with E-state index in [9.17, 15) is 19.1 Å². The van der Waals surface area contributed by atoms with E-state index in [-0.39, 0.29) is 39.5 Å². The molecule has 3 aliphatic rings. The number of carboxylic acids is 1. The highest BCUT2D eigenvalue weighted by atomic mass is 35.5. The van der Waals surface area contributed by atoms with Crippen LogP contribution in [0, 0.1) is 11.2 Å². The Kier molecular flexibility index (Phi) is 3.62. The van der Waals surface area contributed by atoms with Gasteiger partial charge in [0.05, 0.1) is 27.7 Å². The lowest BCUT2D eigenvalue weighted by Crippen LogP contribution is -2.30. The van der Waals surface area contributed by atoms with Gasteiger partial charge in [0.2, 0.25) is 5.43 Å². The third-order valence-corrected chi connectivity index (χ3v) is 6.73. The zero-order chi connectivity index (χ0) is 20.0. The molecule has 9 heteroatoms. The molecule has 28 heavy (non-hydrogen) atoms. The first-order valence-corrected chi connectivity index (χ1v) is 9.56. The van der Waals surface area contributed by atoms with E-state index in [0.717, 1.165) is 25.1 Å². The molecule has 1 aromatic heterocycles. The Labute approximate surface area is 163 Å². The number of hydrogen-bond donors (Lipinski definition) is 2. The SMILES string of the molecule is N[C@@H]1CN(c2c(F)cc3c(=O)c(C(=O)O)cn([C@H]4C[C@H]4F)c3c2Cl)CC12CC2. The Bertz CT molecular complexity index is 1100. The number of carbonyl (C=O) groups is 1. The number of hydrogen-bond acceptors (Lipinski definition) is 4. The minimum absolute atomic E-state index is 0.00645. The van der Waals surface area contributed by atoms with Gasteiger partial charge in [0.1, 0.15) is 17.6 Å². The van der Waals surface area contributed by atoms with Crippen molar-refractivity contribution in [1.82, 2.24) is 4.57 Å².